The number of unbranched alkanes of at least 4 members (excludes halogenated alkanes) is 8. The molecule has 0 amide bonds. The van der Waals surface area contributed by atoms with Crippen molar-refractivity contribution >= 4 is 0 Å². The Morgan fingerprint density at radius 3 is 1.24 bits per heavy atom. The van der Waals surface area contributed by atoms with E-state index in [-0.39, 0.29) is 0 Å². The molecule has 2 heteroatoms. The van der Waals surface area contributed by atoms with E-state index in [9.17, 15) is 0 Å². The smallest absolute Gasteiger partial charge is 0.0194 e. The molecule has 0 aliphatic heterocycles. The second kappa shape index (κ2) is 18.7. The fourth-order valence-electron chi connectivity index (χ4n) is 3.64. The predicted molar refractivity (Wildman–Crippen MR) is 116 cm³/mol. The Bertz CT molecular complexity index is 234. The highest BCUT2D eigenvalue weighted by molar-refractivity contribution is 4.73. The van der Waals surface area contributed by atoms with Crippen molar-refractivity contribution in [1.82, 2.24) is 9.80 Å². The van der Waals surface area contributed by atoms with Gasteiger partial charge in [0.1, 0.15) is 0 Å². The highest BCUT2D eigenvalue weighted by Gasteiger charge is 2.16. The summed E-state index contributed by atoms with van der Waals surface area (Å²) in [5.41, 5.74) is 0. The first-order valence-corrected chi connectivity index (χ1v) is 11.7. The molecule has 1 atom stereocenters. The largest absolute Gasteiger partial charge is 0.302 e. The first kappa shape index (κ1) is 24.9. The molecule has 0 bridgehead atoms. The molecular formula is C23H50N2. The molecule has 0 rings (SSSR count). The summed E-state index contributed by atoms with van der Waals surface area (Å²) in [6.45, 7) is 18.2. The quantitative estimate of drug-likeness (QED) is 0.237. The zero-order valence-corrected chi connectivity index (χ0v) is 18.5. The maximum absolute atomic E-state index is 2.79. The summed E-state index contributed by atoms with van der Waals surface area (Å²) in [4.78, 5) is 5.56. The number of nitrogens with zero attached hydrogens (tertiary/aromatic N) is 2. The second-order valence-electron chi connectivity index (χ2n) is 8.01. The molecule has 25 heavy (non-hydrogen) atoms. The molecule has 0 fully saturated rings. The summed E-state index contributed by atoms with van der Waals surface area (Å²) >= 11 is 0. The van der Waals surface area contributed by atoms with Gasteiger partial charge in [0, 0.05) is 12.6 Å². The van der Waals surface area contributed by atoms with Crippen LogP contribution < -0.4 is 0 Å². The van der Waals surface area contributed by atoms with Gasteiger partial charge < -0.3 is 4.90 Å². The van der Waals surface area contributed by atoms with E-state index < -0.39 is 0 Å². The molecule has 0 heterocycles. The lowest BCUT2D eigenvalue weighted by Crippen LogP contribution is -2.44. The summed E-state index contributed by atoms with van der Waals surface area (Å²) in [5, 5.41) is 0. The van der Waals surface area contributed by atoms with Crippen molar-refractivity contribution in [2.45, 2.75) is 118 Å². The molecule has 0 aromatic carbocycles. The van der Waals surface area contributed by atoms with E-state index in [0.29, 0.717) is 6.04 Å². The number of hydrogen-bond acceptors (Lipinski definition) is 2. The van der Waals surface area contributed by atoms with Crippen LogP contribution in [0.15, 0.2) is 0 Å². The van der Waals surface area contributed by atoms with Gasteiger partial charge in [0.15, 0.2) is 0 Å². The maximum Gasteiger partial charge on any atom is 0.0194 e. The molecule has 0 spiro atoms. The Morgan fingerprint density at radius 1 is 0.520 bits per heavy atom. The maximum atomic E-state index is 2.79. The third-order valence-corrected chi connectivity index (χ3v) is 5.40. The van der Waals surface area contributed by atoms with Crippen LogP contribution in [-0.2, 0) is 0 Å². The Labute approximate surface area is 160 Å². The third kappa shape index (κ3) is 14.7. The van der Waals surface area contributed by atoms with Gasteiger partial charge in [0.2, 0.25) is 0 Å². The average molecular weight is 355 g/mol. The Hall–Kier alpha value is -0.0800. The van der Waals surface area contributed by atoms with Crippen LogP contribution in [0.4, 0.5) is 0 Å². The Balaban J connectivity index is 4.49. The van der Waals surface area contributed by atoms with Gasteiger partial charge in [-0.15, -0.1) is 0 Å². The number of rotatable bonds is 19. The zero-order chi connectivity index (χ0) is 18.8. The van der Waals surface area contributed by atoms with Crippen molar-refractivity contribution in [2.75, 3.05) is 32.7 Å². The van der Waals surface area contributed by atoms with Crippen molar-refractivity contribution in [3.8, 4) is 0 Å². The summed E-state index contributed by atoms with van der Waals surface area (Å²) in [6, 6.07) is 0.706. The van der Waals surface area contributed by atoms with Crippen LogP contribution in [0.2, 0.25) is 0 Å². The van der Waals surface area contributed by atoms with Gasteiger partial charge in [-0.25, -0.2) is 0 Å². The summed E-state index contributed by atoms with van der Waals surface area (Å²) in [6.07, 6.45) is 16.4. The zero-order valence-electron chi connectivity index (χ0n) is 18.5. The van der Waals surface area contributed by atoms with Crippen molar-refractivity contribution in [3.63, 3.8) is 0 Å². The van der Waals surface area contributed by atoms with Gasteiger partial charge in [0.05, 0.1) is 0 Å². The molecule has 0 aliphatic carbocycles. The lowest BCUT2D eigenvalue weighted by molar-refractivity contribution is 0.140. The van der Waals surface area contributed by atoms with Crippen LogP contribution in [0.3, 0.4) is 0 Å². The summed E-state index contributed by atoms with van der Waals surface area (Å²) in [5.74, 6) is 0. The topological polar surface area (TPSA) is 6.48 Å². The lowest BCUT2D eigenvalue weighted by Gasteiger charge is -2.34. The van der Waals surface area contributed by atoms with Crippen LogP contribution in [0.5, 0.6) is 0 Å². The first-order chi connectivity index (χ1) is 12.2. The van der Waals surface area contributed by atoms with E-state index in [4.69, 9.17) is 0 Å². The highest BCUT2D eigenvalue weighted by atomic mass is 15.2. The van der Waals surface area contributed by atoms with E-state index in [2.05, 4.69) is 44.4 Å². The molecule has 0 aliphatic rings. The van der Waals surface area contributed by atoms with Crippen molar-refractivity contribution in [3.05, 3.63) is 0 Å². The fourth-order valence-corrected chi connectivity index (χ4v) is 3.64. The monoisotopic (exact) mass is 354 g/mol. The van der Waals surface area contributed by atoms with Crippen molar-refractivity contribution in [1.29, 1.82) is 0 Å². The summed E-state index contributed by atoms with van der Waals surface area (Å²) < 4.78 is 0. The van der Waals surface area contributed by atoms with E-state index in [0.717, 1.165) is 0 Å². The van der Waals surface area contributed by atoms with Gasteiger partial charge in [-0.2, -0.15) is 0 Å². The van der Waals surface area contributed by atoms with Gasteiger partial charge >= 0.3 is 0 Å². The SMILES string of the molecule is CCCCCN(CCCCC)CC(C)N(CCCCC)CCCCC. The molecule has 2 nitrogen and oxygen atoms in total. The minimum absolute atomic E-state index is 0.706. The molecule has 0 aromatic rings. The molecule has 0 saturated carbocycles. The van der Waals surface area contributed by atoms with Crippen molar-refractivity contribution < 1.29 is 0 Å². The first-order valence-electron chi connectivity index (χ1n) is 11.7. The summed E-state index contributed by atoms with van der Waals surface area (Å²) in [7, 11) is 0. The third-order valence-electron chi connectivity index (χ3n) is 5.40. The highest BCUT2D eigenvalue weighted by Crippen LogP contribution is 2.11. The van der Waals surface area contributed by atoms with Gasteiger partial charge in [-0.05, 0) is 58.8 Å². The minimum atomic E-state index is 0.706. The number of hydrogen-bond donors (Lipinski definition) is 0. The van der Waals surface area contributed by atoms with E-state index in [1.165, 1.54) is 110 Å². The predicted octanol–water partition coefficient (Wildman–Crippen LogP) is 6.74. The molecule has 0 saturated heterocycles. The minimum Gasteiger partial charge on any atom is -0.302 e. The second-order valence-corrected chi connectivity index (χ2v) is 8.01. The van der Waals surface area contributed by atoms with Crippen LogP contribution in [-0.4, -0.2) is 48.6 Å². The van der Waals surface area contributed by atoms with Gasteiger partial charge in [-0.1, -0.05) is 79.1 Å². The Kier molecular flexibility index (Phi) is 18.6. The standard InChI is InChI=1S/C23H50N2/c1-6-10-14-18-24(19-15-11-7-2)22-23(5)25(20-16-12-8-3)21-17-13-9-4/h23H,6-22H2,1-5H3. The van der Waals surface area contributed by atoms with E-state index in [1.54, 1.807) is 0 Å². The van der Waals surface area contributed by atoms with Gasteiger partial charge in [0.25, 0.3) is 0 Å². The average Bonchev–Trinajstić information content (AvgIpc) is 2.60. The molecular weight excluding hydrogens is 304 g/mol. The van der Waals surface area contributed by atoms with Crippen LogP contribution in [0, 0.1) is 0 Å². The molecule has 152 valence electrons. The molecule has 0 N–H and O–H groups in total. The normalized spacial score (nSPS) is 13.1. The fraction of sp³-hybridized carbons (Fsp3) is 1.00. The van der Waals surface area contributed by atoms with Crippen molar-refractivity contribution in [2.24, 2.45) is 0 Å². The van der Waals surface area contributed by atoms with Crippen LogP contribution >= 0.6 is 0 Å². The molecule has 0 aromatic heterocycles. The Morgan fingerprint density at radius 2 is 0.880 bits per heavy atom. The van der Waals surface area contributed by atoms with E-state index >= 15 is 0 Å². The molecule has 0 radical (unpaired) electrons. The molecule has 1 unspecified atom stereocenters. The lowest BCUT2D eigenvalue weighted by atomic mass is 10.1. The van der Waals surface area contributed by atoms with Gasteiger partial charge in [-0.3, -0.25) is 4.90 Å². The van der Waals surface area contributed by atoms with Crippen LogP contribution in [0.1, 0.15) is 112 Å². The van der Waals surface area contributed by atoms with E-state index in [1.807, 2.05) is 0 Å². The van der Waals surface area contributed by atoms with Crippen LogP contribution in [0.25, 0.3) is 0 Å².